The Hall–Kier alpha value is -2.17. The molecular weight excluding hydrogens is 819 g/mol. The van der Waals surface area contributed by atoms with Crippen molar-refractivity contribution in [2.24, 2.45) is 0 Å². The number of carbonyl (C=O) groups is 1. The van der Waals surface area contributed by atoms with Crippen LogP contribution in [0.1, 0.15) is 303 Å². The predicted molar refractivity (Wildman–Crippen MR) is 299 cm³/mol. The number of allylic oxidation sites excluding steroid dienone is 11. The fraction of sp³-hybridized carbons (Fsp3) is 0.794. The molecule has 67 heavy (non-hydrogen) atoms. The first-order chi connectivity index (χ1) is 33.2. The van der Waals surface area contributed by atoms with Crippen molar-refractivity contribution in [3.8, 4) is 0 Å². The number of hydrogen-bond acceptors (Lipinski definition) is 3. The molecule has 2 atom stereocenters. The topological polar surface area (TPSA) is 69.6 Å². The van der Waals surface area contributed by atoms with Crippen LogP contribution in [0.4, 0.5) is 0 Å². The average molecular weight is 935 g/mol. The lowest BCUT2D eigenvalue weighted by Crippen LogP contribution is -2.45. The highest BCUT2D eigenvalue weighted by atomic mass is 16.3. The quantitative estimate of drug-likeness (QED) is 0.0420. The molecule has 0 saturated heterocycles. The summed E-state index contributed by atoms with van der Waals surface area (Å²) in [6.45, 7) is 4.20. The van der Waals surface area contributed by atoms with Crippen LogP contribution in [0.5, 0.6) is 0 Å². The van der Waals surface area contributed by atoms with Crippen molar-refractivity contribution in [2.45, 2.75) is 315 Å². The number of hydrogen-bond donors (Lipinski definition) is 3. The molecule has 0 aliphatic carbocycles. The van der Waals surface area contributed by atoms with E-state index in [1.165, 1.54) is 225 Å². The van der Waals surface area contributed by atoms with Gasteiger partial charge in [-0.05, 0) is 70.6 Å². The molecule has 0 rings (SSSR count). The normalized spacial score (nSPS) is 13.3. The summed E-state index contributed by atoms with van der Waals surface area (Å²) in [5.74, 6) is -0.0701. The minimum Gasteiger partial charge on any atom is -0.394 e. The second kappa shape index (κ2) is 58.1. The lowest BCUT2D eigenvalue weighted by Gasteiger charge is -2.19. The smallest absolute Gasteiger partial charge is 0.220 e. The number of aliphatic hydroxyl groups is 2. The van der Waals surface area contributed by atoms with E-state index in [0.29, 0.717) is 6.42 Å². The molecule has 0 radical (unpaired) electrons. The van der Waals surface area contributed by atoms with Crippen LogP contribution in [0.3, 0.4) is 0 Å². The Labute approximate surface area is 419 Å². The molecule has 0 aliphatic rings. The summed E-state index contributed by atoms with van der Waals surface area (Å²) in [6.07, 6.45) is 83.8. The van der Waals surface area contributed by atoms with E-state index in [2.05, 4.69) is 79.9 Å². The minimum absolute atomic E-state index is 0.0701. The summed E-state index contributed by atoms with van der Waals surface area (Å²) in [4.78, 5) is 12.5. The van der Waals surface area contributed by atoms with Crippen LogP contribution in [-0.2, 0) is 4.79 Å². The highest BCUT2D eigenvalue weighted by molar-refractivity contribution is 5.76. The second-order valence-corrected chi connectivity index (χ2v) is 20.0. The zero-order chi connectivity index (χ0) is 48.5. The molecule has 0 aromatic carbocycles. The molecule has 0 aromatic heterocycles. The number of nitrogens with one attached hydrogen (secondary N) is 1. The van der Waals surface area contributed by atoms with Crippen molar-refractivity contribution in [3.05, 3.63) is 72.9 Å². The first-order valence-corrected chi connectivity index (χ1v) is 29.7. The van der Waals surface area contributed by atoms with Crippen LogP contribution in [0.15, 0.2) is 72.9 Å². The molecule has 0 fully saturated rings. The molecular formula is C63H115NO3. The van der Waals surface area contributed by atoms with Gasteiger partial charge in [0, 0.05) is 6.42 Å². The molecule has 0 saturated carbocycles. The summed E-state index contributed by atoms with van der Waals surface area (Å²) in [5, 5.41) is 23.1. The van der Waals surface area contributed by atoms with Crippen LogP contribution < -0.4 is 5.32 Å². The molecule has 4 heteroatoms. The summed E-state index contributed by atoms with van der Waals surface area (Å²) in [6, 6.07) is -0.639. The van der Waals surface area contributed by atoms with E-state index in [4.69, 9.17) is 0 Å². The van der Waals surface area contributed by atoms with Crippen LogP contribution >= 0.6 is 0 Å². The minimum atomic E-state index is -0.862. The average Bonchev–Trinajstić information content (AvgIpc) is 3.33. The number of rotatable bonds is 54. The van der Waals surface area contributed by atoms with Crippen molar-refractivity contribution in [1.82, 2.24) is 5.32 Å². The Kier molecular flexibility index (Phi) is 56.3. The number of aliphatic hydroxyl groups excluding tert-OH is 2. The fourth-order valence-corrected chi connectivity index (χ4v) is 8.95. The molecule has 0 aromatic rings. The van der Waals surface area contributed by atoms with Gasteiger partial charge in [0.1, 0.15) is 0 Å². The van der Waals surface area contributed by atoms with E-state index in [-0.39, 0.29) is 12.5 Å². The maximum Gasteiger partial charge on any atom is 0.220 e. The highest BCUT2D eigenvalue weighted by Crippen LogP contribution is 2.17. The van der Waals surface area contributed by atoms with E-state index in [9.17, 15) is 15.0 Å². The van der Waals surface area contributed by atoms with Gasteiger partial charge in [-0.25, -0.2) is 0 Å². The van der Waals surface area contributed by atoms with Gasteiger partial charge in [-0.3, -0.25) is 4.79 Å². The number of carbonyl (C=O) groups excluding carboxylic acids is 1. The maximum atomic E-state index is 12.5. The Bertz CT molecular complexity index is 1150. The second-order valence-electron chi connectivity index (χ2n) is 20.0. The highest BCUT2D eigenvalue weighted by Gasteiger charge is 2.18. The van der Waals surface area contributed by atoms with E-state index in [1.807, 2.05) is 6.08 Å². The lowest BCUT2D eigenvalue weighted by molar-refractivity contribution is -0.123. The van der Waals surface area contributed by atoms with Gasteiger partial charge in [0.25, 0.3) is 0 Å². The molecule has 390 valence electrons. The number of amides is 1. The Morgan fingerprint density at radius 1 is 0.373 bits per heavy atom. The third-order valence-electron chi connectivity index (χ3n) is 13.4. The van der Waals surface area contributed by atoms with Gasteiger partial charge in [-0.2, -0.15) is 0 Å². The Morgan fingerprint density at radius 3 is 1.04 bits per heavy atom. The third kappa shape index (κ3) is 54.6. The number of unbranched alkanes of at least 4 members (excludes halogenated alkanes) is 37. The van der Waals surface area contributed by atoms with Crippen molar-refractivity contribution in [2.75, 3.05) is 6.61 Å². The summed E-state index contributed by atoms with van der Waals surface area (Å²) >= 11 is 0. The van der Waals surface area contributed by atoms with Crippen molar-refractivity contribution >= 4 is 5.91 Å². The van der Waals surface area contributed by atoms with Gasteiger partial charge in [0.05, 0.1) is 18.8 Å². The molecule has 1 amide bonds. The van der Waals surface area contributed by atoms with Crippen molar-refractivity contribution < 1.29 is 15.0 Å². The van der Waals surface area contributed by atoms with Crippen LogP contribution in [0.25, 0.3) is 0 Å². The molecule has 0 heterocycles. The lowest BCUT2D eigenvalue weighted by atomic mass is 10.0. The Morgan fingerprint density at radius 2 is 0.672 bits per heavy atom. The molecule has 0 bridgehead atoms. The summed E-state index contributed by atoms with van der Waals surface area (Å²) in [5.41, 5.74) is 0. The summed E-state index contributed by atoms with van der Waals surface area (Å²) < 4.78 is 0. The van der Waals surface area contributed by atoms with Gasteiger partial charge in [0.2, 0.25) is 5.91 Å². The van der Waals surface area contributed by atoms with Gasteiger partial charge in [-0.15, -0.1) is 0 Å². The van der Waals surface area contributed by atoms with Crippen LogP contribution in [0, 0.1) is 0 Å². The standard InChI is InChI=1S/C63H115NO3/c1-3-5-7-9-11-13-15-17-19-21-22-23-24-25-26-27-28-29-30-31-32-33-34-35-36-37-38-39-40-41-42-43-45-47-49-51-53-55-57-59-63(67)64-61(60-65)62(66)58-56-54-52-50-48-46-44-20-18-16-14-12-10-8-6-4-2/h5,7,11,13,17,19,22-23,48,50,56,58,61-62,65-66H,3-4,6,8-10,12,14-16,18,20-21,24-47,49,51-55,57,59-60H2,1-2H3,(H,64,67)/b7-5-,13-11-,19-17-,23-22-,50-48+,58-56+. The van der Waals surface area contributed by atoms with Crippen molar-refractivity contribution in [1.29, 1.82) is 0 Å². The first kappa shape index (κ1) is 64.8. The van der Waals surface area contributed by atoms with Crippen LogP contribution in [0.2, 0.25) is 0 Å². The Balaban J connectivity index is 3.42. The summed E-state index contributed by atoms with van der Waals surface area (Å²) in [7, 11) is 0. The molecule has 4 nitrogen and oxygen atoms in total. The maximum absolute atomic E-state index is 12.5. The predicted octanol–water partition coefficient (Wildman–Crippen LogP) is 19.8. The molecule has 2 unspecified atom stereocenters. The molecule has 3 N–H and O–H groups in total. The monoisotopic (exact) mass is 934 g/mol. The van der Waals surface area contributed by atoms with E-state index < -0.39 is 12.1 Å². The van der Waals surface area contributed by atoms with E-state index >= 15 is 0 Å². The van der Waals surface area contributed by atoms with Gasteiger partial charge in [-0.1, -0.05) is 299 Å². The van der Waals surface area contributed by atoms with Gasteiger partial charge < -0.3 is 15.5 Å². The zero-order valence-electron chi connectivity index (χ0n) is 44.9. The largest absolute Gasteiger partial charge is 0.394 e. The van der Waals surface area contributed by atoms with E-state index in [0.717, 1.165) is 57.8 Å². The third-order valence-corrected chi connectivity index (χ3v) is 13.4. The van der Waals surface area contributed by atoms with Gasteiger partial charge in [0.15, 0.2) is 0 Å². The van der Waals surface area contributed by atoms with E-state index in [1.54, 1.807) is 6.08 Å². The first-order valence-electron chi connectivity index (χ1n) is 29.7. The zero-order valence-corrected chi connectivity index (χ0v) is 44.9. The fourth-order valence-electron chi connectivity index (χ4n) is 8.95. The SMILES string of the molecule is CC/C=C\C/C=C\C/C=C\C/C=C\CCCCCCCCCCCCCCCCCCCCCCCCCCCCC(=O)NC(CO)C(O)/C=C/CC/C=C/CCCCCCCCCCCC. The molecule has 0 spiro atoms. The van der Waals surface area contributed by atoms with Crippen molar-refractivity contribution in [3.63, 3.8) is 0 Å². The molecule has 0 aliphatic heterocycles. The van der Waals surface area contributed by atoms with Gasteiger partial charge >= 0.3 is 0 Å². The van der Waals surface area contributed by atoms with Crippen LogP contribution in [-0.4, -0.2) is 34.9 Å².